The highest BCUT2D eigenvalue weighted by molar-refractivity contribution is 7.80. The van der Waals surface area contributed by atoms with Crippen molar-refractivity contribution in [2.45, 2.75) is 6.92 Å². The number of nitrogens with two attached hydrogens (primary N) is 1. The van der Waals surface area contributed by atoms with Gasteiger partial charge in [-0.05, 0) is 6.92 Å². The molecule has 0 spiro atoms. The van der Waals surface area contributed by atoms with E-state index in [9.17, 15) is 4.79 Å². The van der Waals surface area contributed by atoms with Crippen LogP contribution in [-0.4, -0.2) is 63.6 Å². The zero-order chi connectivity index (χ0) is 13.1. The average molecular weight is 267 g/mol. The van der Waals surface area contributed by atoms with Gasteiger partial charge >= 0.3 is 0 Å². The molecule has 18 heavy (non-hydrogen) atoms. The number of hydrogen-bond acceptors (Lipinski definition) is 4. The standard InChI is InChI=1S/C11H17N5OS/c1-8-9(6-13-14-8)11(17)16-4-2-15(3-5-16)7-10(12)18/h6H,2-5,7H2,1H3,(H2,12,18)(H,13,14). The molecule has 1 aliphatic heterocycles. The maximum atomic E-state index is 12.2. The fourth-order valence-electron chi connectivity index (χ4n) is 2.07. The van der Waals surface area contributed by atoms with Gasteiger partial charge in [-0.1, -0.05) is 12.2 Å². The quantitative estimate of drug-likeness (QED) is 0.739. The fourth-order valence-corrected chi connectivity index (χ4v) is 2.25. The molecule has 2 rings (SSSR count). The maximum Gasteiger partial charge on any atom is 0.257 e. The lowest BCUT2D eigenvalue weighted by Crippen LogP contribution is -2.50. The van der Waals surface area contributed by atoms with Crippen LogP contribution in [0, 0.1) is 6.92 Å². The minimum atomic E-state index is 0.0382. The topological polar surface area (TPSA) is 78.2 Å². The van der Waals surface area contributed by atoms with Crippen LogP contribution in [0.3, 0.4) is 0 Å². The van der Waals surface area contributed by atoms with E-state index in [2.05, 4.69) is 15.1 Å². The normalized spacial score (nSPS) is 16.8. The predicted molar refractivity (Wildman–Crippen MR) is 72.5 cm³/mol. The third-order valence-electron chi connectivity index (χ3n) is 3.10. The van der Waals surface area contributed by atoms with Gasteiger partial charge in [0.1, 0.15) is 0 Å². The van der Waals surface area contributed by atoms with Gasteiger partial charge in [0, 0.05) is 38.4 Å². The molecule has 0 aliphatic carbocycles. The second-order valence-corrected chi connectivity index (χ2v) is 4.97. The van der Waals surface area contributed by atoms with E-state index >= 15 is 0 Å². The Morgan fingerprint density at radius 1 is 1.50 bits per heavy atom. The molecule has 0 saturated carbocycles. The molecule has 1 aromatic rings. The molecule has 7 heteroatoms. The van der Waals surface area contributed by atoms with Crippen molar-refractivity contribution in [3.63, 3.8) is 0 Å². The van der Waals surface area contributed by atoms with Gasteiger partial charge in [0.2, 0.25) is 0 Å². The van der Waals surface area contributed by atoms with E-state index in [1.54, 1.807) is 6.20 Å². The third kappa shape index (κ3) is 2.85. The van der Waals surface area contributed by atoms with E-state index in [1.807, 2.05) is 11.8 Å². The van der Waals surface area contributed by atoms with Crippen LogP contribution in [0.15, 0.2) is 6.20 Å². The molecule has 98 valence electrons. The van der Waals surface area contributed by atoms with Gasteiger partial charge < -0.3 is 10.6 Å². The van der Waals surface area contributed by atoms with Crippen LogP contribution in [0.2, 0.25) is 0 Å². The SMILES string of the molecule is Cc1[nH]ncc1C(=O)N1CCN(CC(N)=S)CC1. The largest absolute Gasteiger partial charge is 0.392 e. The molecule has 1 aliphatic rings. The number of carbonyl (C=O) groups is 1. The first-order valence-electron chi connectivity index (χ1n) is 5.88. The second-order valence-electron chi connectivity index (χ2n) is 4.44. The van der Waals surface area contributed by atoms with Crippen molar-refractivity contribution in [3.05, 3.63) is 17.5 Å². The monoisotopic (exact) mass is 267 g/mol. The molecule has 0 bridgehead atoms. The first-order valence-corrected chi connectivity index (χ1v) is 6.28. The number of aromatic amines is 1. The van der Waals surface area contributed by atoms with Crippen LogP contribution >= 0.6 is 12.2 Å². The van der Waals surface area contributed by atoms with Crippen LogP contribution in [0.1, 0.15) is 16.1 Å². The van der Waals surface area contributed by atoms with E-state index in [0.717, 1.165) is 18.8 Å². The highest BCUT2D eigenvalue weighted by atomic mass is 32.1. The Kier molecular flexibility index (Phi) is 3.93. The summed E-state index contributed by atoms with van der Waals surface area (Å²) in [4.78, 5) is 16.7. The molecule has 1 amide bonds. The summed E-state index contributed by atoms with van der Waals surface area (Å²) >= 11 is 4.88. The van der Waals surface area contributed by atoms with Crippen molar-refractivity contribution in [1.29, 1.82) is 0 Å². The second kappa shape index (κ2) is 5.45. The number of nitrogens with one attached hydrogen (secondary N) is 1. The molecule has 0 aromatic carbocycles. The van der Waals surface area contributed by atoms with Gasteiger partial charge in [0.15, 0.2) is 0 Å². The first kappa shape index (κ1) is 13.0. The molecular weight excluding hydrogens is 250 g/mol. The highest BCUT2D eigenvalue weighted by Gasteiger charge is 2.23. The summed E-state index contributed by atoms with van der Waals surface area (Å²) in [5, 5.41) is 6.66. The van der Waals surface area contributed by atoms with E-state index in [-0.39, 0.29) is 5.91 Å². The minimum absolute atomic E-state index is 0.0382. The van der Waals surface area contributed by atoms with Crippen LogP contribution in [0.5, 0.6) is 0 Å². The molecule has 2 heterocycles. The van der Waals surface area contributed by atoms with E-state index < -0.39 is 0 Å². The number of hydrogen-bond donors (Lipinski definition) is 2. The molecule has 0 unspecified atom stereocenters. The van der Waals surface area contributed by atoms with Crippen molar-refractivity contribution in [2.24, 2.45) is 5.73 Å². The van der Waals surface area contributed by atoms with Crippen molar-refractivity contribution < 1.29 is 4.79 Å². The Morgan fingerprint density at radius 3 is 2.67 bits per heavy atom. The number of piperazine rings is 1. The zero-order valence-corrected chi connectivity index (χ0v) is 11.2. The summed E-state index contributed by atoms with van der Waals surface area (Å²) in [6, 6.07) is 0. The lowest BCUT2D eigenvalue weighted by Gasteiger charge is -2.34. The fraction of sp³-hybridized carbons (Fsp3) is 0.545. The number of rotatable bonds is 3. The molecule has 0 radical (unpaired) electrons. The number of nitrogens with zero attached hydrogens (tertiary/aromatic N) is 3. The van der Waals surface area contributed by atoms with Crippen LogP contribution in [0.25, 0.3) is 0 Å². The highest BCUT2D eigenvalue weighted by Crippen LogP contribution is 2.10. The Balaban J connectivity index is 1.92. The van der Waals surface area contributed by atoms with Crippen molar-refractivity contribution in [2.75, 3.05) is 32.7 Å². The zero-order valence-electron chi connectivity index (χ0n) is 10.3. The Labute approximate surface area is 111 Å². The van der Waals surface area contributed by atoms with E-state index in [0.29, 0.717) is 30.2 Å². The van der Waals surface area contributed by atoms with Crippen molar-refractivity contribution in [3.8, 4) is 0 Å². The van der Waals surface area contributed by atoms with Crippen LogP contribution in [0.4, 0.5) is 0 Å². The summed E-state index contributed by atoms with van der Waals surface area (Å²) < 4.78 is 0. The Hall–Kier alpha value is -1.47. The molecule has 1 aromatic heterocycles. The van der Waals surface area contributed by atoms with Crippen LogP contribution < -0.4 is 5.73 Å². The van der Waals surface area contributed by atoms with Gasteiger partial charge in [-0.15, -0.1) is 0 Å². The first-order chi connectivity index (χ1) is 8.58. The maximum absolute atomic E-state index is 12.2. The lowest BCUT2D eigenvalue weighted by atomic mass is 10.2. The number of amides is 1. The summed E-state index contributed by atoms with van der Waals surface area (Å²) in [6.07, 6.45) is 1.58. The number of H-pyrrole nitrogens is 1. The number of aryl methyl sites for hydroxylation is 1. The van der Waals surface area contributed by atoms with Gasteiger partial charge in [0.05, 0.1) is 16.7 Å². The molecular formula is C11H17N5OS. The summed E-state index contributed by atoms with van der Waals surface area (Å²) in [5.41, 5.74) is 6.97. The van der Waals surface area contributed by atoms with Crippen molar-refractivity contribution >= 4 is 23.1 Å². The average Bonchev–Trinajstić information content (AvgIpc) is 2.75. The molecule has 1 fully saturated rings. The molecule has 0 atom stereocenters. The van der Waals surface area contributed by atoms with Crippen molar-refractivity contribution in [1.82, 2.24) is 20.0 Å². The molecule has 1 saturated heterocycles. The Morgan fingerprint density at radius 2 is 2.17 bits per heavy atom. The smallest absolute Gasteiger partial charge is 0.257 e. The molecule has 6 nitrogen and oxygen atoms in total. The van der Waals surface area contributed by atoms with Crippen LogP contribution in [-0.2, 0) is 0 Å². The number of thiocarbonyl (C=S) groups is 1. The third-order valence-corrected chi connectivity index (χ3v) is 3.23. The van der Waals surface area contributed by atoms with E-state index in [1.165, 1.54) is 0 Å². The lowest BCUT2D eigenvalue weighted by molar-refractivity contribution is 0.0654. The number of carbonyl (C=O) groups excluding carboxylic acids is 1. The number of aromatic nitrogens is 2. The summed E-state index contributed by atoms with van der Waals surface area (Å²) in [5.74, 6) is 0.0382. The van der Waals surface area contributed by atoms with Gasteiger partial charge in [-0.3, -0.25) is 14.8 Å². The van der Waals surface area contributed by atoms with E-state index in [4.69, 9.17) is 18.0 Å². The molecule has 3 N–H and O–H groups in total. The van der Waals surface area contributed by atoms with Gasteiger partial charge in [-0.2, -0.15) is 5.10 Å². The predicted octanol–water partition coefficient (Wildman–Crippen LogP) is -0.238. The Bertz CT molecular complexity index is 450. The van der Waals surface area contributed by atoms with Gasteiger partial charge in [-0.25, -0.2) is 0 Å². The summed E-state index contributed by atoms with van der Waals surface area (Å²) in [6.45, 7) is 5.49. The summed E-state index contributed by atoms with van der Waals surface area (Å²) in [7, 11) is 0. The van der Waals surface area contributed by atoms with Gasteiger partial charge in [0.25, 0.3) is 5.91 Å². The minimum Gasteiger partial charge on any atom is -0.392 e.